The number of halogens is 1. The molecule has 0 aliphatic carbocycles. The van der Waals surface area contributed by atoms with Gasteiger partial charge in [0.05, 0.1) is 6.42 Å². The summed E-state index contributed by atoms with van der Waals surface area (Å²) in [4.78, 5) is 16.6. The van der Waals surface area contributed by atoms with Gasteiger partial charge in [-0.15, -0.1) is 0 Å². The van der Waals surface area contributed by atoms with E-state index in [9.17, 15) is 9.18 Å². The minimum atomic E-state index is -0.317. The van der Waals surface area contributed by atoms with Crippen molar-refractivity contribution in [1.82, 2.24) is 9.80 Å². The zero-order valence-corrected chi connectivity index (χ0v) is 14.5. The quantitative estimate of drug-likeness (QED) is 0.844. The number of hydrogen-bond donors (Lipinski definition) is 0. The maximum Gasteiger partial charge on any atom is 0.231 e. The molecule has 2 aromatic carbocycles. The fourth-order valence-corrected chi connectivity index (χ4v) is 3.37. The lowest BCUT2D eigenvalue weighted by molar-refractivity contribution is -0.132. The second-order valence-electron chi connectivity index (χ2n) is 6.61. The molecule has 0 atom stereocenters. The van der Waals surface area contributed by atoms with Crippen LogP contribution in [-0.4, -0.2) is 48.7 Å². The largest absolute Gasteiger partial charge is 0.454 e. The van der Waals surface area contributed by atoms with Crippen molar-refractivity contribution in [2.45, 2.75) is 13.0 Å². The number of hydrogen-bond acceptors (Lipinski definition) is 4. The standard InChI is InChI=1S/C20H21FN2O3/c21-17-4-2-1-3-16(17)12-20(24)23-9-7-22(8-10-23)13-15-5-6-18-19(11-15)26-14-25-18/h1-6,11H,7-10,12-14H2. The zero-order chi connectivity index (χ0) is 17.9. The number of ether oxygens (including phenoxy) is 2. The Morgan fingerprint density at radius 2 is 1.77 bits per heavy atom. The van der Waals surface area contributed by atoms with Crippen LogP contribution in [0.4, 0.5) is 4.39 Å². The number of amides is 1. The van der Waals surface area contributed by atoms with Crippen molar-refractivity contribution >= 4 is 5.91 Å². The molecule has 0 N–H and O–H groups in total. The Hall–Kier alpha value is -2.60. The Kier molecular flexibility index (Phi) is 4.75. The van der Waals surface area contributed by atoms with Crippen molar-refractivity contribution in [2.75, 3.05) is 33.0 Å². The Balaban J connectivity index is 1.30. The highest BCUT2D eigenvalue weighted by molar-refractivity contribution is 5.79. The van der Waals surface area contributed by atoms with Gasteiger partial charge in [-0.05, 0) is 29.3 Å². The number of nitrogens with zero attached hydrogens (tertiary/aromatic N) is 2. The van der Waals surface area contributed by atoms with Crippen LogP contribution in [-0.2, 0) is 17.8 Å². The fraction of sp³-hybridized carbons (Fsp3) is 0.350. The van der Waals surface area contributed by atoms with Crippen LogP contribution in [0.25, 0.3) is 0 Å². The van der Waals surface area contributed by atoms with Crippen molar-refractivity contribution in [3.8, 4) is 11.5 Å². The molecule has 2 aromatic rings. The molecule has 0 radical (unpaired) electrons. The maximum absolute atomic E-state index is 13.7. The van der Waals surface area contributed by atoms with E-state index in [0.29, 0.717) is 18.7 Å². The van der Waals surface area contributed by atoms with Gasteiger partial charge >= 0.3 is 0 Å². The molecule has 26 heavy (non-hydrogen) atoms. The fourth-order valence-electron chi connectivity index (χ4n) is 3.37. The molecule has 1 amide bonds. The van der Waals surface area contributed by atoms with E-state index >= 15 is 0 Å². The molecule has 2 aliphatic rings. The van der Waals surface area contributed by atoms with Gasteiger partial charge < -0.3 is 14.4 Å². The van der Waals surface area contributed by atoms with Crippen LogP contribution >= 0.6 is 0 Å². The van der Waals surface area contributed by atoms with Crippen LogP contribution in [0.15, 0.2) is 42.5 Å². The van der Waals surface area contributed by atoms with Crippen LogP contribution in [0.5, 0.6) is 11.5 Å². The summed E-state index contributed by atoms with van der Waals surface area (Å²) in [6.07, 6.45) is 0.120. The second-order valence-corrected chi connectivity index (χ2v) is 6.61. The summed E-state index contributed by atoms with van der Waals surface area (Å²) in [6, 6.07) is 12.5. The van der Waals surface area contributed by atoms with Crippen LogP contribution in [0.1, 0.15) is 11.1 Å². The summed E-state index contributed by atoms with van der Waals surface area (Å²) < 4.78 is 24.5. The van der Waals surface area contributed by atoms with E-state index in [0.717, 1.165) is 31.1 Å². The van der Waals surface area contributed by atoms with Crippen molar-refractivity contribution in [1.29, 1.82) is 0 Å². The van der Waals surface area contributed by atoms with Gasteiger partial charge in [0.15, 0.2) is 11.5 Å². The predicted octanol–water partition coefficient (Wildman–Crippen LogP) is 2.44. The first kappa shape index (κ1) is 16.8. The first-order valence-corrected chi connectivity index (χ1v) is 8.81. The molecule has 6 heteroatoms. The van der Waals surface area contributed by atoms with Crippen LogP contribution in [0.2, 0.25) is 0 Å². The average Bonchev–Trinajstić information content (AvgIpc) is 3.12. The van der Waals surface area contributed by atoms with Crippen molar-refractivity contribution in [3.05, 3.63) is 59.4 Å². The average molecular weight is 356 g/mol. The van der Waals surface area contributed by atoms with Gasteiger partial charge in [-0.2, -0.15) is 0 Å². The monoisotopic (exact) mass is 356 g/mol. The highest BCUT2D eigenvalue weighted by Gasteiger charge is 2.22. The van der Waals surface area contributed by atoms with E-state index in [-0.39, 0.29) is 24.9 Å². The Bertz CT molecular complexity index is 803. The van der Waals surface area contributed by atoms with E-state index < -0.39 is 0 Å². The van der Waals surface area contributed by atoms with E-state index in [1.165, 1.54) is 11.6 Å². The summed E-state index contributed by atoms with van der Waals surface area (Å²) in [7, 11) is 0. The van der Waals surface area contributed by atoms with E-state index in [1.54, 1.807) is 18.2 Å². The molecule has 0 saturated carbocycles. The van der Waals surface area contributed by atoms with Crippen molar-refractivity contribution in [3.63, 3.8) is 0 Å². The van der Waals surface area contributed by atoms with Crippen molar-refractivity contribution in [2.24, 2.45) is 0 Å². The Morgan fingerprint density at radius 3 is 2.58 bits per heavy atom. The summed E-state index contributed by atoms with van der Waals surface area (Å²) in [6.45, 7) is 4.03. The maximum atomic E-state index is 13.7. The number of fused-ring (bicyclic) bond motifs is 1. The molecule has 5 nitrogen and oxygen atoms in total. The zero-order valence-electron chi connectivity index (χ0n) is 14.5. The molecule has 0 unspecified atom stereocenters. The summed E-state index contributed by atoms with van der Waals surface area (Å²) in [5, 5.41) is 0. The Labute approximate surface area is 151 Å². The summed E-state index contributed by atoms with van der Waals surface area (Å²) in [5.41, 5.74) is 1.63. The van der Waals surface area contributed by atoms with Gasteiger partial charge in [-0.25, -0.2) is 4.39 Å². The number of carbonyl (C=O) groups excluding carboxylic acids is 1. The number of rotatable bonds is 4. The van der Waals surface area contributed by atoms with Crippen molar-refractivity contribution < 1.29 is 18.7 Å². The summed E-state index contributed by atoms with van der Waals surface area (Å²) in [5.74, 6) is 1.25. The highest BCUT2D eigenvalue weighted by Crippen LogP contribution is 2.32. The van der Waals surface area contributed by atoms with E-state index in [1.807, 2.05) is 23.1 Å². The molecule has 1 fully saturated rings. The minimum absolute atomic E-state index is 0.0159. The Morgan fingerprint density at radius 1 is 1.00 bits per heavy atom. The van der Waals surface area contributed by atoms with E-state index in [4.69, 9.17) is 9.47 Å². The van der Waals surface area contributed by atoms with Gasteiger partial charge in [0.2, 0.25) is 12.7 Å². The number of benzene rings is 2. The molecule has 0 aromatic heterocycles. The molecule has 2 heterocycles. The first-order chi connectivity index (χ1) is 12.7. The minimum Gasteiger partial charge on any atom is -0.454 e. The van der Waals surface area contributed by atoms with Gasteiger partial charge in [0.25, 0.3) is 0 Å². The summed E-state index contributed by atoms with van der Waals surface area (Å²) >= 11 is 0. The molecule has 4 rings (SSSR count). The number of piperazine rings is 1. The SMILES string of the molecule is O=C(Cc1ccccc1F)N1CCN(Cc2ccc3c(c2)OCO3)CC1. The predicted molar refractivity (Wildman–Crippen MR) is 94.5 cm³/mol. The third kappa shape index (κ3) is 3.65. The van der Waals surface area contributed by atoms with Gasteiger partial charge in [-0.1, -0.05) is 24.3 Å². The molecule has 136 valence electrons. The molecule has 0 spiro atoms. The molecular weight excluding hydrogens is 335 g/mol. The van der Waals surface area contributed by atoms with Gasteiger partial charge in [0, 0.05) is 32.7 Å². The third-order valence-corrected chi connectivity index (χ3v) is 4.87. The highest BCUT2D eigenvalue weighted by atomic mass is 19.1. The topological polar surface area (TPSA) is 42.0 Å². The normalized spacial score (nSPS) is 16.7. The van der Waals surface area contributed by atoms with Crippen LogP contribution in [0, 0.1) is 5.82 Å². The van der Waals surface area contributed by atoms with Gasteiger partial charge in [0.1, 0.15) is 5.82 Å². The smallest absolute Gasteiger partial charge is 0.231 e. The molecule has 2 aliphatic heterocycles. The van der Waals surface area contributed by atoms with Crippen LogP contribution in [0.3, 0.4) is 0 Å². The van der Waals surface area contributed by atoms with Crippen LogP contribution < -0.4 is 9.47 Å². The molecule has 0 bridgehead atoms. The lowest BCUT2D eigenvalue weighted by Gasteiger charge is -2.35. The second kappa shape index (κ2) is 7.33. The van der Waals surface area contributed by atoms with E-state index in [2.05, 4.69) is 4.90 Å². The lowest BCUT2D eigenvalue weighted by atomic mass is 10.1. The van der Waals surface area contributed by atoms with Gasteiger partial charge in [-0.3, -0.25) is 9.69 Å². The number of carbonyl (C=O) groups is 1. The first-order valence-electron chi connectivity index (χ1n) is 8.81. The molecular formula is C20H21FN2O3. The lowest BCUT2D eigenvalue weighted by Crippen LogP contribution is -2.48. The molecule has 1 saturated heterocycles. The third-order valence-electron chi connectivity index (χ3n) is 4.87.